The van der Waals surface area contributed by atoms with Gasteiger partial charge in [0.1, 0.15) is 10.7 Å². The van der Waals surface area contributed by atoms with Crippen molar-refractivity contribution in [1.29, 1.82) is 0 Å². The molecule has 1 aliphatic carbocycles. The summed E-state index contributed by atoms with van der Waals surface area (Å²) in [5.41, 5.74) is 0. The van der Waals surface area contributed by atoms with E-state index in [1.165, 1.54) is 0 Å². The van der Waals surface area contributed by atoms with Crippen LogP contribution in [0.2, 0.25) is 0 Å². The predicted octanol–water partition coefficient (Wildman–Crippen LogP) is 1.24. The molecule has 1 N–H and O–H groups in total. The zero-order valence-corrected chi connectivity index (χ0v) is 13.7. The fraction of sp³-hybridized carbons (Fsp3) is 0.667. The van der Waals surface area contributed by atoms with E-state index in [0.29, 0.717) is 24.2 Å². The summed E-state index contributed by atoms with van der Waals surface area (Å²) in [6.45, 7) is 2.80. The third kappa shape index (κ3) is 3.77. The minimum Gasteiger partial charge on any atom is -0.381 e. The Kier molecular flexibility index (Phi) is 4.65. The van der Waals surface area contributed by atoms with Crippen molar-refractivity contribution < 1.29 is 13.2 Å². The van der Waals surface area contributed by atoms with Crippen molar-refractivity contribution in [2.24, 2.45) is 11.8 Å². The number of nitrogens with one attached hydrogen (secondary N) is 1. The molecule has 0 aromatic carbocycles. The fourth-order valence-corrected chi connectivity index (χ4v) is 4.02. The van der Waals surface area contributed by atoms with Gasteiger partial charge in [-0.3, -0.25) is 0 Å². The Morgan fingerprint density at radius 2 is 2.18 bits per heavy atom. The molecule has 0 spiro atoms. The highest BCUT2D eigenvalue weighted by Gasteiger charge is 2.27. The molecule has 0 radical (unpaired) electrons. The van der Waals surface area contributed by atoms with E-state index >= 15 is 0 Å². The fourth-order valence-electron chi connectivity index (χ4n) is 2.71. The van der Waals surface area contributed by atoms with Crippen molar-refractivity contribution in [2.75, 3.05) is 38.3 Å². The van der Waals surface area contributed by atoms with Crippen LogP contribution in [0.25, 0.3) is 0 Å². The zero-order valence-electron chi connectivity index (χ0n) is 12.9. The molecule has 2 aliphatic rings. The Balaban J connectivity index is 1.75. The number of rotatable bonds is 7. The normalized spacial score (nSPS) is 22.0. The highest BCUT2D eigenvalue weighted by atomic mass is 32.2. The van der Waals surface area contributed by atoms with Crippen LogP contribution in [0.15, 0.2) is 23.2 Å². The van der Waals surface area contributed by atoms with Crippen molar-refractivity contribution in [3.63, 3.8) is 0 Å². The van der Waals surface area contributed by atoms with E-state index in [4.69, 9.17) is 4.74 Å². The monoisotopic (exact) mass is 325 g/mol. The standard InChI is InChI=1S/C15H23N3O3S/c1-18(10-13-6-8-21-11-13)15-14(3-2-7-16-15)22(19,20)17-9-12-4-5-12/h2-3,7,12-13,17H,4-6,8-11H2,1H3. The van der Waals surface area contributed by atoms with Gasteiger partial charge in [-0.25, -0.2) is 18.1 Å². The summed E-state index contributed by atoms with van der Waals surface area (Å²) in [6.07, 6.45) is 4.88. The van der Waals surface area contributed by atoms with Gasteiger partial charge in [0.05, 0.1) is 6.61 Å². The van der Waals surface area contributed by atoms with Gasteiger partial charge in [0, 0.05) is 38.9 Å². The lowest BCUT2D eigenvalue weighted by Crippen LogP contribution is -2.31. The average Bonchev–Trinajstić information content (AvgIpc) is 3.21. The van der Waals surface area contributed by atoms with Gasteiger partial charge in [-0.2, -0.15) is 0 Å². The molecule has 0 bridgehead atoms. The maximum Gasteiger partial charge on any atom is 0.244 e. The second-order valence-electron chi connectivity index (χ2n) is 6.23. The maximum atomic E-state index is 12.5. The molecule has 1 aromatic rings. The summed E-state index contributed by atoms with van der Waals surface area (Å²) in [6, 6.07) is 3.29. The third-order valence-corrected chi connectivity index (χ3v) is 5.66. The Bertz CT molecular complexity index is 610. The number of hydrogen-bond acceptors (Lipinski definition) is 5. The molecule has 1 saturated heterocycles. The minimum absolute atomic E-state index is 0.261. The van der Waals surface area contributed by atoms with E-state index in [1.54, 1.807) is 18.3 Å². The van der Waals surface area contributed by atoms with Crippen molar-refractivity contribution in [3.8, 4) is 0 Å². The van der Waals surface area contributed by atoms with E-state index in [1.807, 2.05) is 11.9 Å². The number of nitrogens with zero attached hydrogens (tertiary/aromatic N) is 2. The molecule has 1 atom stereocenters. The first-order chi connectivity index (χ1) is 10.6. The Morgan fingerprint density at radius 1 is 1.36 bits per heavy atom. The molecule has 1 aromatic heterocycles. The minimum atomic E-state index is -3.51. The zero-order chi connectivity index (χ0) is 15.6. The molecule has 7 heteroatoms. The van der Waals surface area contributed by atoms with E-state index in [0.717, 1.165) is 39.0 Å². The predicted molar refractivity (Wildman–Crippen MR) is 84.3 cm³/mol. The number of pyridine rings is 1. The Labute approximate surface area is 131 Å². The van der Waals surface area contributed by atoms with E-state index in [-0.39, 0.29) is 4.90 Å². The highest BCUT2D eigenvalue weighted by Crippen LogP contribution is 2.29. The molecule has 3 rings (SSSR count). The van der Waals surface area contributed by atoms with Crippen LogP contribution < -0.4 is 9.62 Å². The summed E-state index contributed by atoms with van der Waals surface area (Å²) in [5, 5.41) is 0. The van der Waals surface area contributed by atoms with Crippen LogP contribution in [0.4, 0.5) is 5.82 Å². The number of ether oxygens (including phenoxy) is 1. The van der Waals surface area contributed by atoms with Crippen LogP contribution in [0.3, 0.4) is 0 Å². The van der Waals surface area contributed by atoms with Crippen molar-refractivity contribution in [2.45, 2.75) is 24.2 Å². The van der Waals surface area contributed by atoms with Crippen molar-refractivity contribution >= 4 is 15.8 Å². The highest BCUT2D eigenvalue weighted by molar-refractivity contribution is 7.89. The summed E-state index contributed by atoms with van der Waals surface area (Å²) in [4.78, 5) is 6.48. The van der Waals surface area contributed by atoms with Crippen LogP contribution in [-0.2, 0) is 14.8 Å². The first kappa shape index (κ1) is 15.7. The molecule has 122 valence electrons. The molecular formula is C15H23N3O3S. The van der Waals surface area contributed by atoms with Crippen LogP contribution in [0, 0.1) is 11.8 Å². The Morgan fingerprint density at radius 3 is 2.86 bits per heavy atom. The molecule has 1 aliphatic heterocycles. The molecule has 1 saturated carbocycles. The second-order valence-corrected chi connectivity index (χ2v) is 7.97. The number of anilines is 1. The van der Waals surface area contributed by atoms with Crippen LogP contribution in [-0.4, -0.2) is 46.8 Å². The summed E-state index contributed by atoms with van der Waals surface area (Å²) in [7, 11) is -1.62. The number of hydrogen-bond donors (Lipinski definition) is 1. The lowest BCUT2D eigenvalue weighted by molar-refractivity contribution is 0.186. The van der Waals surface area contributed by atoms with Gasteiger partial charge in [-0.15, -0.1) is 0 Å². The largest absolute Gasteiger partial charge is 0.381 e. The van der Waals surface area contributed by atoms with Gasteiger partial charge in [-0.05, 0) is 37.3 Å². The molecule has 2 heterocycles. The summed E-state index contributed by atoms with van der Waals surface area (Å²) < 4.78 is 33.1. The molecule has 1 unspecified atom stereocenters. The van der Waals surface area contributed by atoms with E-state index in [2.05, 4.69) is 9.71 Å². The lowest BCUT2D eigenvalue weighted by Gasteiger charge is -2.23. The van der Waals surface area contributed by atoms with Gasteiger partial charge < -0.3 is 9.64 Å². The molecule has 2 fully saturated rings. The van der Waals surface area contributed by atoms with Gasteiger partial charge in [-0.1, -0.05) is 0 Å². The quantitative estimate of drug-likeness (QED) is 0.817. The van der Waals surface area contributed by atoms with Gasteiger partial charge in [0.25, 0.3) is 0 Å². The average molecular weight is 325 g/mol. The van der Waals surface area contributed by atoms with Crippen LogP contribution >= 0.6 is 0 Å². The van der Waals surface area contributed by atoms with E-state index in [9.17, 15) is 8.42 Å². The molecule has 22 heavy (non-hydrogen) atoms. The summed E-state index contributed by atoms with van der Waals surface area (Å²) >= 11 is 0. The van der Waals surface area contributed by atoms with Crippen LogP contribution in [0.5, 0.6) is 0 Å². The summed E-state index contributed by atoms with van der Waals surface area (Å²) in [5.74, 6) is 1.45. The van der Waals surface area contributed by atoms with Gasteiger partial charge in [0.2, 0.25) is 10.0 Å². The van der Waals surface area contributed by atoms with Gasteiger partial charge >= 0.3 is 0 Å². The number of sulfonamides is 1. The van der Waals surface area contributed by atoms with Crippen LogP contribution in [0.1, 0.15) is 19.3 Å². The van der Waals surface area contributed by atoms with Crippen molar-refractivity contribution in [3.05, 3.63) is 18.3 Å². The third-order valence-electron chi connectivity index (χ3n) is 4.22. The molecule has 0 amide bonds. The SMILES string of the molecule is CN(CC1CCOC1)c1ncccc1S(=O)(=O)NCC1CC1. The van der Waals surface area contributed by atoms with Gasteiger partial charge in [0.15, 0.2) is 0 Å². The number of aromatic nitrogens is 1. The maximum absolute atomic E-state index is 12.5. The second kappa shape index (κ2) is 6.52. The topological polar surface area (TPSA) is 71.5 Å². The van der Waals surface area contributed by atoms with Crippen molar-refractivity contribution in [1.82, 2.24) is 9.71 Å². The Hall–Kier alpha value is -1.18. The van der Waals surface area contributed by atoms with E-state index < -0.39 is 10.0 Å². The first-order valence-corrected chi connectivity index (χ1v) is 9.28. The molecule has 6 nitrogen and oxygen atoms in total. The first-order valence-electron chi connectivity index (χ1n) is 7.80. The smallest absolute Gasteiger partial charge is 0.244 e. The molecular weight excluding hydrogens is 302 g/mol. The lowest BCUT2D eigenvalue weighted by atomic mass is 10.1.